The van der Waals surface area contributed by atoms with E-state index < -0.39 is 0 Å². The fourth-order valence-electron chi connectivity index (χ4n) is 1.54. The van der Waals surface area contributed by atoms with Crippen LogP contribution in [-0.4, -0.2) is 13.6 Å². The third-order valence-electron chi connectivity index (χ3n) is 2.43. The van der Waals surface area contributed by atoms with Crippen LogP contribution in [0.5, 0.6) is 0 Å². The second-order valence-corrected chi connectivity index (χ2v) is 3.79. The maximum Gasteiger partial charge on any atom is -0.00519 e. The first-order chi connectivity index (χ1) is 6.41. The standard InChI is InChI=1S/C12H26N/c1-3-4-5-6-7-8-9-10-11-12-13-2/h13H,1,3-12H2,2H3. The van der Waals surface area contributed by atoms with Crippen LogP contribution >= 0.6 is 0 Å². The van der Waals surface area contributed by atoms with Gasteiger partial charge in [0, 0.05) is 0 Å². The molecule has 0 saturated heterocycles. The molecule has 0 aliphatic carbocycles. The van der Waals surface area contributed by atoms with E-state index in [-0.39, 0.29) is 0 Å². The first-order valence-corrected chi connectivity index (χ1v) is 5.85. The first kappa shape index (κ1) is 13.0. The SMILES string of the molecule is [CH2]CCCCCCCCCCNC. The molecule has 1 nitrogen and oxygen atoms in total. The molecule has 0 amide bonds. The van der Waals surface area contributed by atoms with Crippen molar-refractivity contribution in [3.63, 3.8) is 0 Å². The van der Waals surface area contributed by atoms with E-state index in [0.29, 0.717) is 0 Å². The van der Waals surface area contributed by atoms with Crippen molar-refractivity contribution in [1.29, 1.82) is 0 Å². The summed E-state index contributed by atoms with van der Waals surface area (Å²) in [6, 6.07) is 0. The fourth-order valence-corrected chi connectivity index (χ4v) is 1.54. The lowest BCUT2D eigenvalue weighted by Crippen LogP contribution is -2.06. The van der Waals surface area contributed by atoms with Crippen molar-refractivity contribution >= 4 is 0 Å². The molecular weight excluding hydrogens is 158 g/mol. The molecule has 0 aliphatic rings. The van der Waals surface area contributed by atoms with Gasteiger partial charge >= 0.3 is 0 Å². The van der Waals surface area contributed by atoms with Crippen LogP contribution in [0.2, 0.25) is 0 Å². The average molecular weight is 184 g/mol. The van der Waals surface area contributed by atoms with E-state index in [9.17, 15) is 0 Å². The lowest BCUT2D eigenvalue weighted by atomic mass is 10.1. The lowest BCUT2D eigenvalue weighted by molar-refractivity contribution is 0.562. The van der Waals surface area contributed by atoms with Gasteiger partial charge in [0.1, 0.15) is 0 Å². The highest BCUT2D eigenvalue weighted by Gasteiger charge is 1.90. The molecule has 1 radical (unpaired) electrons. The Balaban J connectivity index is 2.76. The van der Waals surface area contributed by atoms with Crippen LogP contribution in [0.3, 0.4) is 0 Å². The van der Waals surface area contributed by atoms with Crippen LogP contribution in [0, 0.1) is 6.92 Å². The minimum Gasteiger partial charge on any atom is -0.320 e. The molecule has 13 heavy (non-hydrogen) atoms. The van der Waals surface area contributed by atoms with Crippen LogP contribution in [0.25, 0.3) is 0 Å². The molecule has 0 aliphatic heterocycles. The number of unbranched alkanes of at least 4 members (excludes halogenated alkanes) is 8. The number of hydrogen-bond acceptors (Lipinski definition) is 1. The van der Waals surface area contributed by atoms with Gasteiger partial charge in [-0.1, -0.05) is 58.3 Å². The third kappa shape index (κ3) is 12.0. The van der Waals surface area contributed by atoms with E-state index in [4.69, 9.17) is 0 Å². The summed E-state index contributed by atoms with van der Waals surface area (Å²) in [4.78, 5) is 0. The van der Waals surface area contributed by atoms with Gasteiger partial charge in [0.25, 0.3) is 0 Å². The molecule has 0 spiro atoms. The highest BCUT2D eigenvalue weighted by molar-refractivity contribution is 4.48. The topological polar surface area (TPSA) is 12.0 Å². The van der Waals surface area contributed by atoms with E-state index in [2.05, 4.69) is 12.2 Å². The predicted molar refractivity (Wildman–Crippen MR) is 60.8 cm³/mol. The number of hydrogen-bond donors (Lipinski definition) is 1. The Morgan fingerprint density at radius 2 is 1.23 bits per heavy atom. The maximum absolute atomic E-state index is 3.85. The van der Waals surface area contributed by atoms with E-state index in [1.54, 1.807) is 0 Å². The van der Waals surface area contributed by atoms with Crippen molar-refractivity contribution in [1.82, 2.24) is 5.32 Å². The zero-order valence-corrected chi connectivity index (χ0v) is 9.28. The molecule has 0 bridgehead atoms. The summed E-state index contributed by atoms with van der Waals surface area (Å²) in [6.07, 6.45) is 12.3. The van der Waals surface area contributed by atoms with E-state index in [1.807, 2.05) is 7.05 Å². The quantitative estimate of drug-likeness (QED) is 0.512. The Labute approximate surface area is 84.3 Å². The number of rotatable bonds is 10. The van der Waals surface area contributed by atoms with Crippen LogP contribution < -0.4 is 5.32 Å². The normalized spacial score (nSPS) is 10.6. The molecule has 1 heteroatoms. The van der Waals surface area contributed by atoms with Gasteiger partial charge in [-0.15, -0.1) is 0 Å². The zero-order valence-electron chi connectivity index (χ0n) is 9.28. The monoisotopic (exact) mass is 184 g/mol. The van der Waals surface area contributed by atoms with Gasteiger partial charge in [0.15, 0.2) is 0 Å². The highest BCUT2D eigenvalue weighted by atomic mass is 14.8. The summed E-state index contributed by atoms with van der Waals surface area (Å²) >= 11 is 0. The summed E-state index contributed by atoms with van der Waals surface area (Å²) in [6.45, 7) is 5.03. The smallest absolute Gasteiger partial charge is 0.00519 e. The Hall–Kier alpha value is -0.0400. The minimum atomic E-state index is 1.11. The molecule has 0 aromatic carbocycles. The van der Waals surface area contributed by atoms with Crippen LogP contribution in [-0.2, 0) is 0 Å². The third-order valence-corrected chi connectivity index (χ3v) is 2.43. The molecule has 0 saturated carbocycles. The first-order valence-electron chi connectivity index (χ1n) is 5.85. The molecule has 0 unspecified atom stereocenters. The van der Waals surface area contributed by atoms with E-state index >= 15 is 0 Å². The Kier molecular flexibility index (Phi) is 11.9. The van der Waals surface area contributed by atoms with Crippen molar-refractivity contribution < 1.29 is 0 Å². The van der Waals surface area contributed by atoms with E-state index in [0.717, 1.165) is 6.42 Å². The van der Waals surface area contributed by atoms with Crippen molar-refractivity contribution in [2.45, 2.75) is 57.8 Å². The summed E-state index contributed by atoms with van der Waals surface area (Å²) in [5.41, 5.74) is 0. The second-order valence-electron chi connectivity index (χ2n) is 3.79. The molecule has 1 N–H and O–H groups in total. The molecular formula is C12H26N. The van der Waals surface area contributed by atoms with Crippen molar-refractivity contribution in [2.75, 3.05) is 13.6 Å². The predicted octanol–water partition coefficient (Wildman–Crippen LogP) is 3.55. The van der Waals surface area contributed by atoms with E-state index in [1.165, 1.54) is 57.9 Å². The largest absolute Gasteiger partial charge is 0.320 e. The Bertz CT molecular complexity index is 71.2. The van der Waals surface area contributed by atoms with Gasteiger partial charge in [0.05, 0.1) is 0 Å². The summed E-state index contributed by atoms with van der Waals surface area (Å²) in [5, 5.41) is 3.18. The van der Waals surface area contributed by atoms with Gasteiger partial charge in [-0.05, 0) is 20.0 Å². The Morgan fingerprint density at radius 3 is 1.69 bits per heavy atom. The van der Waals surface area contributed by atoms with Crippen molar-refractivity contribution in [2.24, 2.45) is 0 Å². The summed E-state index contributed by atoms with van der Waals surface area (Å²) in [7, 11) is 2.03. The summed E-state index contributed by atoms with van der Waals surface area (Å²) < 4.78 is 0. The van der Waals surface area contributed by atoms with Gasteiger partial charge in [-0.25, -0.2) is 0 Å². The summed E-state index contributed by atoms with van der Waals surface area (Å²) in [5.74, 6) is 0. The van der Waals surface area contributed by atoms with Crippen LogP contribution in [0.1, 0.15) is 57.8 Å². The van der Waals surface area contributed by atoms with Gasteiger partial charge in [0.2, 0.25) is 0 Å². The zero-order chi connectivity index (χ0) is 9.78. The molecule has 0 rings (SSSR count). The molecule has 0 aromatic rings. The maximum atomic E-state index is 3.85. The van der Waals surface area contributed by atoms with Crippen molar-refractivity contribution in [3.8, 4) is 0 Å². The molecule has 0 atom stereocenters. The van der Waals surface area contributed by atoms with Crippen molar-refractivity contribution in [3.05, 3.63) is 6.92 Å². The van der Waals surface area contributed by atoms with Crippen LogP contribution in [0.4, 0.5) is 0 Å². The molecule has 0 aromatic heterocycles. The molecule has 0 fully saturated rings. The van der Waals surface area contributed by atoms with Gasteiger partial charge in [-0.3, -0.25) is 0 Å². The minimum absolute atomic E-state index is 1.11. The fraction of sp³-hybridized carbons (Fsp3) is 0.917. The second kappa shape index (κ2) is 12.0. The van der Waals surface area contributed by atoms with Gasteiger partial charge < -0.3 is 5.32 Å². The lowest BCUT2D eigenvalue weighted by Gasteiger charge is -2.01. The highest BCUT2D eigenvalue weighted by Crippen LogP contribution is 2.08. The molecule has 79 valence electrons. The van der Waals surface area contributed by atoms with Crippen LogP contribution in [0.15, 0.2) is 0 Å². The Morgan fingerprint density at radius 1 is 0.769 bits per heavy atom. The number of nitrogens with one attached hydrogen (secondary N) is 1. The average Bonchev–Trinajstić information content (AvgIpc) is 2.16. The van der Waals surface area contributed by atoms with Gasteiger partial charge in [-0.2, -0.15) is 0 Å². The molecule has 0 heterocycles.